The highest BCUT2D eigenvalue weighted by Crippen LogP contribution is 2.14. The number of esters is 3. The van der Waals surface area contributed by atoms with E-state index in [1.165, 1.54) is 77.0 Å². The van der Waals surface area contributed by atoms with E-state index in [1.54, 1.807) is 0 Å². The smallest absolute Gasteiger partial charge is 0.306 e. The number of ether oxygens (including phenoxy) is 3. The van der Waals surface area contributed by atoms with Crippen molar-refractivity contribution in [1.82, 2.24) is 0 Å². The fourth-order valence-corrected chi connectivity index (χ4v) is 8.55. The van der Waals surface area contributed by atoms with E-state index in [1.807, 2.05) is 0 Å². The molecule has 0 fully saturated rings. The highest BCUT2D eigenvalue weighted by Gasteiger charge is 2.19. The fourth-order valence-electron chi connectivity index (χ4n) is 8.55. The summed E-state index contributed by atoms with van der Waals surface area (Å²) in [5.41, 5.74) is 0. The molecule has 456 valence electrons. The summed E-state index contributed by atoms with van der Waals surface area (Å²) in [6.07, 6.45) is 98.1. The number of hydrogen-bond acceptors (Lipinski definition) is 6. The van der Waals surface area contributed by atoms with Crippen molar-refractivity contribution in [3.63, 3.8) is 0 Å². The van der Waals surface area contributed by atoms with Crippen molar-refractivity contribution in [1.29, 1.82) is 0 Å². The Labute approximate surface area is 499 Å². The molecule has 0 rings (SSSR count). The van der Waals surface area contributed by atoms with E-state index in [0.29, 0.717) is 19.3 Å². The monoisotopic (exact) mass is 1120 g/mol. The molecule has 0 aromatic heterocycles. The molecule has 0 aromatic rings. The molecular weight excluding hydrogens is 997 g/mol. The molecule has 0 amide bonds. The molecule has 1 atom stereocenters. The van der Waals surface area contributed by atoms with Crippen molar-refractivity contribution in [3.05, 3.63) is 158 Å². The molecule has 1 unspecified atom stereocenters. The standard InChI is InChI=1S/C75H120O6/c1-4-7-10-13-16-19-22-25-28-30-32-34-35-36-37-38-39-41-42-44-47-50-53-56-59-62-65-68-74(77)80-71-72(70-79-73(76)67-64-61-58-55-52-49-46-27-24-21-18-15-12-9-6-3)81-75(78)69-66-63-60-57-54-51-48-45-43-40-33-31-29-26-23-20-17-14-11-8-5-2/h7,10,16,18-19,21,23,25-28,31-34,36-37,39,41,43-47,53,56,72H,4-6,8-9,11-15,17,20,22,24,29-30,35,38,40,42,48-52,54-55,57-71H2,1-3H3/b10-7-,19-16-,21-18-,26-23-,28-25-,33-31-,34-32-,37-36-,41-39-,45-43-,46-27-,47-44-,56-53-. The van der Waals surface area contributed by atoms with Crippen LogP contribution in [0.4, 0.5) is 0 Å². The average Bonchev–Trinajstić information content (AvgIpc) is 3.47. The summed E-state index contributed by atoms with van der Waals surface area (Å²) >= 11 is 0. The van der Waals surface area contributed by atoms with E-state index < -0.39 is 6.10 Å². The lowest BCUT2D eigenvalue weighted by molar-refractivity contribution is -0.167. The lowest BCUT2D eigenvalue weighted by Crippen LogP contribution is -2.30. The maximum Gasteiger partial charge on any atom is 0.306 e. The zero-order valence-corrected chi connectivity index (χ0v) is 52.2. The van der Waals surface area contributed by atoms with Crippen LogP contribution in [0.1, 0.15) is 278 Å². The Bertz CT molecular complexity index is 1810. The molecule has 0 saturated carbocycles. The Morgan fingerprint density at radius 1 is 0.259 bits per heavy atom. The van der Waals surface area contributed by atoms with Crippen LogP contribution in [-0.4, -0.2) is 37.2 Å². The van der Waals surface area contributed by atoms with E-state index in [2.05, 4.69) is 179 Å². The van der Waals surface area contributed by atoms with Crippen LogP contribution in [0, 0.1) is 0 Å². The molecule has 0 heterocycles. The number of unbranched alkanes of at least 4 members (excludes halogenated alkanes) is 21. The maximum absolute atomic E-state index is 12.9. The van der Waals surface area contributed by atoms with Crippen LogP contribution in [-0.2, 0) is 28.6 Å². The normalized spacial score (nSPS) is 13.2. The predicted molar refractivity (Wildman–Crippen MR) is 352 cm³/mol. The molecule has 6 heteroatoms. The van der Waals surface area contributed by atoms with Crippen molar-refractivity contribution in [2.75, 3.05) is 13.2 Å². The Hall–Kier alpha value is -4.97. The molecule has 0 spiro atoms. The molecular formula is C75H120O6. The third-order valence-corrected chi connectivity index (χ3v) is 13.5. The first kappa shape index (κ1) is 76.0. The van der Waals surface area contributed by atoms with E-state index in [0.717, 1.165) is 154 Å². The number of hydrogen-bond donors (Lipinski definition) is 0. The molecule has 0 aliphatic heterocycles. The van der Waals surface area contributed by atoms with Gasteiger partial charge in [-0.3, -0.25) is 14.4 Å². The summed E-state index contributed by atoms with van der Waals surface area (Å²) in [5.74, 6) is -0.983. The molecule has 0 aliphatic rings. The molecule has 0 bridgehead atoms. The van der Waals surface area contributed by atoms with Crippen molar-refractivity contribution in [2.45, 2.75) is 284 Å². The summed E-state index contributed by atoms with van der Waals surface area (Å²) in [7, 11) is 0. The molecule has 6 nitrogen and oxygen atoms in total. The van der Waals surface area contributed by atoms with Crippen LogP contribution in [0.15, 0.2) is 158 Å². The van der Waals surface area contributed by atoms with E-state index >= 15 is 0 Å². The first-order valence-electron chi connectivity index (χ1n) is 33.0. The van der Waals surface area contributed by atoms with Gasteiger partial charge in [-0.25, -0.2) is 0 Å². The summed E-state index contributed by atoms with van der Waals surface area (Å²) < 4.78 is 16.9. The van der Waals surface area contributed by atoms with Crippen LogP contribution >= 0.6 is 0 Å². The molecule has 81 heavy (non-hydrogen) atoms. The predicted octanol–water partition coefficient (Wildman–Crippen LogP) is 22.9. The lowest BCUT2D eigenvalue weighted by atomic mass is 10.1. The Kier molecular flexibility index (Phi) is 63.4. The number of rotatable bonds is 58. The summed E-state index contributed by atoms with van der Waals surface area (Å²) in [6.45, 7) is 6.43. The van der Waals surface area contributed by atoms with E-state index in [-0.39, 0.29) is 37.5 Å². The minimum atomic E-state index is -0.819. The fraction of sp³-hybridized carbons (Fsp3) is 0.613. The van der Waals surface area contributed by atoms with Gasteiger partial charge in [-0.2, -0.15) is 0 Å². The number of allylic oxidation sites excluding steroid dienone is 26. The highest BCUT2D eigenvalue weighted by molar-refractivity contribution is 5.71. The van der Waals surface area contributed by atoms with Crippen LogP contribution in [0.3, 0.4) is 0 Å². The minimum Gasteiger partial charge on any atom is -0.462 e. The van der Waals surface area contributed by atoms with Crippen LogP contribution < -0.4 is 0 Å². The summed E-state index contributed by atoms with van der Waals surface area (Å²) in [4.78, 5) is 38.4. The van der Waals surface area contributed by atoms with Gasteiger partial charge in [-0.1, -0.05) is 262 Å². The highest BCUT2D eigenvalue weighted by atomic mass is 16.6. The Morgan fingerprint density at radius 3 is 0.802 bits per heavy atom. The van der Waals surface area contributed by atoms with Crippen molar-refractivity contribution in [3.8, 4) is 0 Å². The summed E-state index contributed by atoms with van der Waals surface area (Å²) in [5, 5.41) is 0. The number of carbonyl (C=O) groups is 3. The maximum atomic E-state index is 12.9. The van der Waals surface area contributed by atoms with Gasteiger partial charge in [0.25, 0.3) is 0 Å². The van der Waals surface area contributed by atoms with Crippen molar-refractivity contribution >= 4 is 17.9 Å². The van der Waals surface area contributed by atoms with Gasteiger partial charge in [0, 0.05) is 19.3 Å². The van der Waals surface area contributed by atoms with Crippen LogP contribution in [0.2, 0.25) is 0 Å². The second kappa shape index (κ2) is 67.5. The van der Waals surface area contributed by atoms with Gasteiger partial charge in [-0.05, 0) is 154 Å². The number of carbonyl (C=O) groups excluding carboxylic acids is 3. The zero-order chi connectivity index (χ0) is 58.5. The second-order valence-corrected chi connectivity index (χ2v) is 21.3. The van der Waals surface area contributed by atoms with Gasteiger partial charge >= 0.3 is 17.9 Å². The van der Waals surface area contributed by atoms with Gasteiger partial charge in [0.15, 0.2) is 6.10 Å². The molecule has 0 N–H and O–H groups in total. The van der Waals surface area contributed by atoms with Crippen molar-refractivity contribution < 1.29 is 28.6 Å². The second-order valence-electron chi connectivity index (χ2n) is 21.3. The van der Waals surface area contributed by atoms with E-state index in [9.17, 15) is 14.4 Å². The zero-order valence-electron chi connectivity index (χ0n) is 52.2. The van der Waals surface area contributed by atoms with Gasteiger partial charge < -0.3 is 14.2 Å². The van der Waals surface area contributed by atoms with Gasteiger partial charge in [0.1, 0.15) is 13.2 Å². The largest absolute Gasteiger partial charge is 0.462 e. The van der Waals surface area contributed by atoms with Crippen LogP contribution in [0.5, 0.6) is 0 Å². The third-order valence-electron chi connectivity index (χ3n) is 13.5. The molecule has 0 saturated heterocycles. The molecule has 0 radical (unpaired) electrons. The minimum absolute atomic E-state index is 0.111. The van der Waals surface area contributed by atoms with Gasteiger partial charge in [-0.15, -0.1) is 0 Å². The SMILES string of the molecule is CC/C=C\C/C=C\C/C=C\C/C=C\C/C=C\C/C=C\C/C=C\C/C=C\CCCCC(=O)OCC(COC(=O)CCCCCCC/C=C\C/C=C\CCCCC)OC(=O)CCCCCCCC/C=C\C/C=C\C/C=C\CCCCCCC. The van der Waals surface area contributed by atoms with Gasteiger partial charge in [0.05, 0.1) is 0 Å². The average molecular weight is 1120 g/mol. The molecule has 0 aliphatic carbocycles. The first-order chi connectivity index (χ1) is 40.0. The topological polar surface area (TPSA) is 78.9 Å². The van der Waals surface area contributed by atoms with Crippen LogP contribution in [0.25, 0.3) is 0 Å². The summed E-state index contributed by atoms with van der Waals surface area (Å²) in [6, 6.07) is 0. The lowest BCUT2D eigenvalue weighted by Gasteiger charge is -2.18. The Balaban J connectivity index is 4.52. The first-order valence-corrected chi connectivity index (χ1v) is 33.0. The van der Waals surface area contributed by atoms with Gasteiger partial charge in [0.2, 0.25) is 0 Å². The quantitative estimate of drug-likeness (QED) is 0.0261. The van der Waals surface area contributed by atoms with Crippen molar-refractivity contribution in [2.24, 2.45) is 0 Å². The Morgan fingerprint density at radius 2 is 0.481 bits per heavy atom. The molecule has 0 aromatic carbocycles. The van der Waals surface area contributed by atoms with E-state index in [4.69, 9.17) is 14.2 Å². The third kappa shape index (κ3) is 65.7.